The van der Waals surface area contributed by atoms with Gasteiger partial charge in [0.15, 0.2) is 11.2 Å². The van der Waals surface area contributed by atoms with Crippen molar-refractivity contribution < 1.29 is 9.59 Å². The Labute approximate surface area is 255 Å². The minimum atomic E-state index is -0.629. The highest BCUT2D eigenvalue weighted by molar-refractivity contribution is 6.45. The summed E-state index contributed by atoms with van der Waals surface area (Å²) < 4.78 is 4.26. The summed E-state index contributed by atoms with van der Waals surface area (Å²) in [6.45, 7) is 2.24. The number of hydrogen-bond donors (Lipinski definition) is 0. The number of aryl methyl sites for hydroxylation is 1. The van der Waals surface area contributed by atoms with Crippen LogP contribution >= 0.6 is 34.8 Å². The molecule has 6 rings (SSSR count). The van der Waals surface area contributed by atoms with Gasteiger partial charge in [-0.15, -0.1) is 0 Å². The van der Waals surface area contributed by atoms with Crippen LogP contribution < -0.4 is 21.0 Å². The van der Waals surface area contributed by atoms with Gasteiger partial charge in [-0.05, 0) is 29.8 Å². The van der Waals surface area contributed by atoms with Gasteiger partial charge in [-0.3, -0.25) is 33.0 Å². The Morgan fingerprint density at radius 2 is 1.57 bits per heavy atom. The molecule has 0 spiro atoms. The summed E-state index contributed by atoms with van der Waals surface area (Å²) in [7, 11) is 3.04. The first-order chi connectivity index (χ1) is 20.1. The number of amides is 2. The number of imide groups is 1. The second-order valence-electron chi connectivity index (χ2n) is 10.4. The van der Waals surface area contributed by atoms with E-state index in [-0.39, 0.29) is 34.0 Å². The van der Waals surface area contributed by atoms with Gasteiger partial charge in [0.1, 0.15) is 0 Å². The fourth-order valence-electron chi connectivity index (χ4n) is 5.65. The first-order valence-corrected chi connectivity index (χ1v) is 14.4. The third kappa shape index (κ3) is 4.70. The van der Waals surface area contributed by atoms with E-state index >= 15 is 0 Å². The molecule has 42 heavy (non-hydrogen) atoms. The summed E-state index contributed by atoms with van der Waals surface area (Å²) >= 11 is 18.5. The molecule has 11 nitrogen and oxygen atoms in total. The molecule has 2 aliphatic heterocycles. The molecule has 0 bridgehead atoms. The number of benzene rings is 2. The van der Waals surface area contributed by atoms with Crippen LogP contribution in [0.15, 0.2) is 52.1 Å². The predicted octanol–water partition coefficient (Wildman–Crippen LogP) is 2.90. The van der Waals surface area contributed by atoms with Crippen LogP contribution in [0, 0.1) is 0 Å². The average Bonchev–Trinajstić information content (AvgIpc) is 3.50. The molecule has 2 amide bonds. The van der Waals surface area contributed by atoms with Crippen LogP contribution in [0.4, 0.5) is 11.6 Å². The van der Waals surface area contributed by atoms with E-state index in [2.05, 4.69) is 0 Å². The Bertz CT molecular complexity index is 1860. The number of aromatic nitrogens is 4. The number of carbonyl (C=O) groups excluding carboxylic acids is 2. The molecular formula is C28H26Cl3N7O4. The van der Waals surface area contributed by atoms with E-state index in [1.165, 1.54) is 11.6 Å². The van der Waals surface area contributed by atoms with Gasteiger partial charge < -0.3 is 4.90 Å². The maximum Gasteiger partial charge on any atom is 0.332 e. The largest absolute Gasteiger partial charge is 0.340 e. The van der Waals surface area contributed by atoms with Crippen molar-refractivity contribution in [3.63, 3.8) is 0 Å². The summed E-state index contributed by atoms with van der Waals surface area (Å²) in [5, 5.41) is 1.02. The van der Waals surface area contributed by atoms with E-state index in [9.17, 15) is 19.2 Å². The topological polar surface area (TPSA) is 106 Å². The lowest BCUT2D eigenvalue weighted by Gasteiger charge is -2.37. The lowest BCUT2D eigenvalue weighted by Crippen LogP contribution is -2.53. The summed E-state index contributed by atoms with van der Waals surface area (Å²) in [4.78, 5) is 62.2. The molecule has 1 unspecified atom stereocenters. The van der Waals surface area contributed by atoms with Gasteiger partial charge in [0, 0.05) is 45.3 Å². The van der Waals surface area contributed by atoms with Crippen LogP contribution in [-0.4, -0.2) is 67.6 Å². The number of piperazine rings is 1. The van der Waals surface area contributed by atoms with E-state index < -0.39 is 17.3 Å². The molecule has 2 saturated heterocycles. The van der Waals surface area contributed by atoms with Crippen molar-refractivity contribution in [3.05, 3.63) is 83.9 Å². The zero-order valence-electron chi connectivity index (χ0n) is 22.8. The molecule has 4 heterocycles. The maximum absolute atomic E-state index is 13.4. The van der Waals surface area contributed by atoms with Crippen molar-refractivity contribution in [2.75, 3.05) is 36.0 Å². The summed E-state index contributed by atoms with van der Waals surface area (Å²) in [5.74, 6) is -0.136. The van der Waals surface area contributed by atoms with Crippen LogP contribution in [-0.2, 0) is 30.2 Å². The number of imidazole rings is 1. The Kier molecular flexibility index (Phi) is 7.38. The van der Waals surface area contributed by atoms with Crippen LogP contribution in [0.1, 0.15) is 12.0 Å². The highest BCUT2D eigenvalue weighted by Gasteiger charge is 2.44. The Balaban J connectivity index is 1.29. The zero-order valence-corrected chi connectivity index (χ0v) is 25.0. The van der Waals surface area contributed by atoms with E-state index in [1.807, 2.05) is 26.5 Å². The highest BCUT2D eigenvalue weighted by atomic mass is 35.5. The van der Waals surface area contributed by atoms with Crippen LogP contribution in [0.2, 0.25) is 15.1 Å². The third-order valence-corrected chi connectivity index (χ3v) is 8.98. The third-order valence-electron chi connectivity index (χ3n) is 7.91. The molecule has 2 aromatic carbocycles. The van der Waals surface area contributed by atoms with Crippen molar-refractivity contribution in [2.24, 2.45) is 14.1 Å². The van der Waals surface area contributed by atoms with Crippen molar-refractivity contribution >= 4 is 69.4 Å². The first kappa shape index (κ1) is 28.5. The molecule has 2 fully saturated rings. The first-order valence-electron chi connectivity index (χ1n) is 13.3. The molecule has 218 valence electrons. The molecule has 0 aliphatic carbocycles. The van der Waals surface area contributed by atoms with Crippen LogP contribution in [0.5, 0.6) is 0 Å². The second kappa shape index (κ2) is 10.9. The average molecular weight is 631 g/mol. The lowest BCUT2D eigenvalue weighted by atomic mass is 10.1. The van der Waals surface area contributed by atoms with Crippen molar-refractivity contribution in [1.29, 1.82) is 0 Å². The monoisotopic (exact) mass is 629 g/mol. The second-order valence-corrected chi connectivity index (χ2v) is 11.6. The predicted molar refractivity (Wildman–Crippen MR) is 162 cm³/mol. The van der Waals surface area contributed by atoms with Gasteiger partial charge in [-0.1, -0.05) is 53.0 Å². The standard InChI is InChI=1S/C28H26Cl3N7O4/c1-33-24-23(26(41)34(2)28(33)42)37(15-16-6-8-17(29)9-7-16)27(32-24)36-12-10-35(11-13-36)20-14-21(39)38(25(20)40)19-5-3-4-18(30)22(19)31/h3-9,20H,10-15H2,1-2H3. The molecule has 2 aliphatic rings. The summed E-state index contributed by atoms with van der Waals surface area (Å²) in [6.07, 6.45) is 0.0366. The Morgan fingerprint density at radius 1 is 0.881 bits per heavy atom. The number of hydrogen-bond acceptors (Lipinski definition) is 7. The van der Waals surface area contributed by atoms with Gasteiger partial charge in [-0.2, -0.15) is 4.98 Å². The quantitative estimate of drug-likeness (QED) is 0.312. The molecule has 0 radical (unpaired) electrons. The van der Waals surface area contributed by atoms with Gasteiger partial charge in [0.25, 0.3) is 11.5 Å². The van der Waals surface area contributed by atoms with Gasteiger partial charge in [0.2, 0.25) is 11.9 Å². The smallest absolute Gasteiger partial charge is 0.332 e. The zero-order chi connectivity index (χ0) is 29.9. The number of rotatable bonds is 5. The molecular weight excluding hydrogens is 605 g/mol. The maximum atomic E-state index is 13.4. The van der Waals surface area contributed by atoms with Crippen molar-refractivity contribution in [1.82, 2.24) is 23.6 Å². The van der Waals surface area contributed by atoms with Crippen molar-refractivity contribution in [3.8, 4) is 0 Å². The molecule has 14 heteroatoms. The SMILES string of the molecule is Cn1c(=O)c2c(nc(N3CCN(C4CC(=O)N(c5cccc(Cl)c5Cl)C4=O)CC3)n2Cc2ccc(Cl)cc2)n(C)c1=O. The van der Waals surface area contributed by atoms with E-state index in [4.69, 9.17) is 39.8 Å². The van der Waals surface area contributed by atoms with Gasteiger partial charge in [-0.25, -0.2) is 9.69 Å². The van der Waals surface area contributed by atoms with Crippen LogP contribution in [0.25, 0.3) is 11.2 Å². The summed E-state index contributed by atoms with van der Waals surface area (Å²) in [6, 6.07) is 11.5. The number of nitrogens with zero attached hydrogens (tertiary/aromatic N) is 7. The van der Waals surface area contributed by atoms with Gasteiger partial charge >= 0.3 is 5.69 Å². The number of halogens is 3. The molecule has 2 aromatic heterocycles. The minimum Gasteiger partial charge on any atom is -0.340 e. The molecule has 1 atom stereocenters. The van der Waals surface area contributed by atoms with E-state index in [1.54, 1.807) is 37.4 Å². The van der Waals surface area contributed by atoms with Gasteiger partial charge in [0.05, 0.1) is 34.7 Å². The molecule has 4 aromatic rings. The van der Waals surface area contributed by atoms with E-state index in [0.717, 1.165) is 15.0 Å². The minimum absolute atomic E-state index is 0.0366. The number of anilines is 2. The van der Waals surface area contributed by atoms with E-state index in [0.29, 0.717) is 54.9 Å². The van der Waals surface area contributed by atoms with Crippen LogP contribution in [0.3, 0.4) is 0 Å². The fraction of sp³-hybridized carbons (Fsp3) is 0.321. The number of carbonyl (C=O) groups is 2. The Hall–Kier alpha value is -3.64. The summed E-state index contributed by atoms with van der Waals surface area (Å²) in [5.41, 5.74) is 0.897. The normalized spacial score (nSPS) is 18.1. The fourth-order valence-corrected chi connectivity index (χ4v) is 6.16. The van der Waals surface area contributed by atoms with Crippen molar-refractivity contribution in [2.45, 2.75) is 19.0 Å². The lowest BCUT2D eigenvalue weighted by molar-refractivity contribution is -0.123. The Morgan fingerprint density at radius 3 is 2.26 bits per heavy atom. The highest BCUT2D eigenvalue weighted by Crippen LogP contribution is 2.36. The molecule has 0 N–H and O–H groups in total. The number of fused-ring (bicyclic) bond motifs is 1. The molecule has 0 saturated carbocycles.